The van der Waals surface area contributed by atoms with E-state index in [0.29, 0.717) is 12.3 Å². The summed E-state index contributed by atoms with van der Waals surface area (Å²) in [5.74, 6) is 0.755. The van der Waals surface area contributed by atoms with Gasteiger partial charge in [0, 0.05) is 18.5 Å². The second-order valence-electron chi connectivity index (χ2n) is 4.38. The van der Waals surface area contributed by atoms with Crippen LogP contribution in [0.25, 0.3) is 0 Å². The predicted octanol–water partition coefficient (Wildman–Crippen LogP) is -0.408. The first-order valence-corrected chi connectivity index (χ1v) is 5.53. The first-order chi connectivity index (χ1) is 6.77. The third-order valence-corrected chi connectivity index (χ3v) is 3.39. The Bertz CT molecular complexity index is 213. The van der Waals surface area contributed by atoms with Crippen molar-refractivity contribution in [2.75, 3.05) is 13.1 Å². The van der Waals surface area contributed by atoms with Crippen molar-refractivity contribution in [3.63, 3.8) is 0 Å². The molecule has 80 valence electrons. The average Bonchev–Trinajstić information content (AvgIpc) is 2.23. The van der Waals surface area contributed by atoms with Gasteiger partial charge in [-0.3, -0.25) is 4.79 Å². The quantitative estimate of drug-likeness (QED) is 0.535. The second-order valence-corrected chi connectivity index (χ2v) is 4.38. The fourth-order valence-electron chi connectivity index (χ4n) is 2.51. The molecule has 0 spiro atoms. The van der Waals surface area contributed by atoms with Crippen molar-refractivity contribution in [2.45, 2.75) is 37.8 Å². The van der Waals surface area contributed by atoms with Gasteiger partial charge in [-0.05, 0) is 38.3 Å². The van der Waals surface area contributed by atoms with E-state index < -0.39 is 0 Å². The molecule has 4 heteroatoms. The minimum atomic E-state index is 0.163. The first-order valence-electron chi connectivity index (χ1n) is 5.53. The molecule has 1 amide bonds. The van der Waals surface area contributed by atoms with Crippen LogP contribution in [0.1, 0.15) is 25.7 Å². The van der Waals surface area contributed by atoms with Gasteiger partial charge in [0.1, 0.15) is 0 Å². The van der Waals surface area contributed by atoms with Crippen LogP contribution in [0, 0.1) is 5.92 Å². The van der Waals surface area contributed by atoms with Crippen LogP contribution in [0.5, 0.6) is 0 Å². The molecule has 2 rings (SSSR count). The molecule has 14 heavy (non-hydrogen) atoms. The maximum Gasteiger partial charge on any atom is 0.220 e. The highest BCUT2D eigenvalue weighted by Gasteiger charge is 2.32. The summed E-state index contributed by atoms with van der Waals surface area (Å²) < 4.78 is 0. The van der Waals surface area contributed by atoms with Crippen LogP contribution in [0.15, 0.2) is 0 Å². The van der Waals surface area contributed by atoms with Crippen LogP contribution in [-0.2, 0) is 4.79 Å². The molecule has 4 N–H and O–H groups in total. The topological polar surface area (TPSA) is 67.2 Å². The lowest BCUT2D eigenvalue weighted by Gasteiger charge is -2.37. The van der Waals surface area contributed by atoms with Crippen molar-refractivity contribution in [1.82, 2.24) is 10.6 Å². The molecule has 2 aliphatic heterocycles. The molecule has 0 aromatic heterocycles. The van der Waals surface area contributed by atoms with Gasteiger partial charge >= 0.3 is 0 Å². The molecule has 2 heterocycles. The minimum absolute atomic E-state index is 0.163. The van der Waals surface area contributed by atoms with Gasteiger partial charge in [-0.25, -0.2) is 0 Å². The number of nitrogens with two attached hydrogens (primary N) is 1. The van der Waals surface area contributed by atoms with E-state index >= 15 is 0 Å². The molecule has 2 aliphatic rings. The van der Waals surface area contributed by atoms with Crippen LogP contribution in [-0.4, -0.2) is 31.1 Å². The summed E-state index contributed by atoms with van der Waals surface area (Å²) in [6.45, 7) is 2.12. The molecule has 0 radical (unpaired) electrons. The zero-order valence-corrected chi connectivity index (χ0v) is 8.46. The Labute approximate surface area is 84.6 Å². The van der Waals surface area contributed by atoms with Crippen LogP contribution in [0.2, 0.25) is 0 Å². The molecule has 0 aromatic carbocycles. The molecule has 2 unspecified atom stereocenters. The van der Waals surface area contributed by atoms with Gasteiger partial charge in [-0.2, -0.15) is 0 Å². The second kappa shape index (κ2) is 4.28. The van der Waals surface area contributed by atoms with Crippen molar-refractivity contribution < 1.29 is 4.79 Å². The van der Waals surface area contributed by atoms with Gasteiger partial charge in [0.15, 0.2) is 0 Å². The Hall–Kier alpha value is -0.610. The Balaban J connectivity index is 1.95. The highest BCUT2D eigenvalue weighted by molar-refractivity contribution is 5.77. The molecular formula is C10H19N3O. The van der Waals surface area contributed by atoms with Crippen molar-refractivity contribution >= 4 is 5.91 Å². The molecule has 0 aliphatic carbocycles. The van der Waals surface area contributed by atoms with Gasteiger partial charge in [-0.15, -0.1) is 0 Å². The highest BCUT2D eigenvalue weighted by Crippen LogP contribution is 2.22. The molecule has 2 atom stereocenters. The first kappa shape index (κ1) is 9.93. The number of hydrogen-bond acceptors (Lipinski definition) is 3. The zero-order chi connectivity index (χ0) is 9.97. The molecule has 2 saturated heterocycles. The van der Waals surface area contributed by atoms with Gasteiger partial charge in [0.25, 0.3) is 0 Å². The SMILES string of the molecule is NC1CCC(=O)NC1C1CCNCC1. The summed E-state index contributed by atoms with van der Waals surface area (Å²) in [6, 6.07) is 0.383. The lowest BCUT2D eigenvalue weighted by atomic mass is 9.83. The van der Waals surface area contributed by atoms with Gasteiger partial charge in [0.05, 0.1) is 0 Å². The van der Waals surface area contributed by atoms with Gasteiger partial charge in [0.2, 0.25) is 5.91 Å². The summed E-state index contributed by atoms with van der Waals surface area (Å²) >= 11 is 0. The highest BCUT2D eigenvalue weighted by atomic mass is 16.1. The third-order valence-electron chi connectivity index (χ3n) is 3.39. The lowest BCUT2D eigenvalue weighted by Crippen LogP contribution is -2.57. The van der Waals surface area contributed by atoms with E-state index in [4.69, 9.17) is 5.73 Å². The van der Waals surface area contributed by atoms with Crippen molar-refractivity contribution in [2.24, 2.45) is 11.7 Å². The largest absolute Gasteiger partial charge is 0.352 e. The number of nitrogens with one attached hydrogen (secondary N) is 2. The normalized spacial score (nSPS) is 35.4. The number of rotatable bonds is 1. The van der Waals surface area contributed by atoms with E-state index in [-0.39, 0.29) is 18.0 Å². The smallest absolute Gasteiger partial charge is 0.220 e. The summed E-state index contributed by atoms with van der Waals surface area (Å²) in [5.41, 5.74) is 6.04. The fourth-order valence-corrected chi connectivity index (χ4v) is 2.51. The molecular weight excluding hydrogens is 178 g/mol. The Morgan fingerprint density at radius 2 is 1.93 bits per heavy atom. The maximum absolute atomic E-state index is 11.3. The molecule has 0 saturated carbocycles. The minimum Gasteiger partial charge on any atom is -0.352 e. The number of piperidine rings is 2. The molecule has 2 fully saturated rings. The maximum atomic E-state index is 11.3. The number of carbonyl (C=O) groups excluding carboxylic acids is 1. The number of amides is 1. The Kier molecular flexibility index (Phi) is 3.03. The Morgan fingerprint density at radius 3 is 2.64 bits per heavy atom. The van der Waals surface area contributed by atoms with Crippen LogP contribution in [0.4, 0.5) is 0 Å². The van der Waals surface area contributed by atoms with E-state index in [2.05, 4.69) is 10.6 Å². The number of carbonyl (C=O) groups is 1. The molecule has 0 aromatic rings. The van der Waals surface area contributed by atoms with Gasteiger partial charge in [-0.1, -0.05) is 0 Å². The van der Waals surface area contributed by atoms with Crippen LogP contribution >= 0.6 is 0 Å². The van der Waals surface area contributed by atoms with Gasteiger partial charge < -0.3 is 16.4 Å². The molecule has 4 nitrogen and oxygen atoms in total. The monoisotopic (exact) mass is 197 g/mol. The van der Waals surface area contributed by atoms with E-state index in [1.165, 1.54) is 0 Å². The third kappa shape index (κ3) is 2.07. The average molecular weight is 197 g/mol. The Morgan fingerprint density at radius 1 is 1.21 bits per heavy atom. The van der Waals surface area contributed by atoms with Crippen molar-refractivity contribution in [1.29, 1.82) is 0 Å². The number of hydrogen-bond donors (Lipinski definition) is 3. The van der Waals surface area contributed by atoms with E-state index in [1.807, 2.05) is 0 Å². The molecule has 0 bridgehead atoms. The van der Waals surface area contributed by atoms with Crippen LogP contribution < -0.4 is 16.4 Å². The van der Waals surface area contributed by atoms with E-state index in [1.54, 1.807) is 0 Å². The van der Waals surface area contributed by atoms with Crippen molar-refractivity contribution in [3.05, 3.63) is 0 Å². The summed E-state index contributed by atoms with van der Waals surface area (Å²) in [4.78, 5) is 11.3. The van der Waals surface area contributed by atoms with E-state index in [9.17, 15) is 4.79 Å². The lowest BCUT2D eigenvalue weighted by molar-refractivity contribution is -0.124. The van der Waals surface area contributed by atoms with Crippen LogP contribution in [0.3, 0.4) is 0 Å². The fraction of sp³-hybridized carbons (Fsp3) is 0.900. The standard InChI is InChI=1S/C10H19N3O/c11-8-1-2-9(14)13-10(8)7-3-5-12-6-4-7/h7-8,10,12H,1-6,11H2,(H,13,14). The van der Waals surface area contributed by atoms with Crippen molar-refractivity contribution in [3.8, 4) is 0 Å². The summed E-state index contributed by atoms with van der Waals surface area (Å²) in [5, 5.41) is 6.37. The summed E-state index contributed by atoms with van der Waals surface area (Å²) in [6.07, 6.45) is 3.72. The zero-order valence-electron chi connectivity index (χ0n) is 8.46. The summed E-state index contributed by atoms with van der Waals surface area (Å²) in [7, 11) is 0. The predicted molar refractivity (Wildman–Crippen MR) is 54.7 cm³/mol. The van der Waals surface area contributed by atoms with E-state index in [0.717, 1.165) is 32.4 Å².